The normalized spacial score (nSPS) is 14.7. The van der Waals surface area contributed by atoms with Gasteiger partial charge in [0.2, 0.25) is 11.8 Å². The Kier molecular flexibility index (Phi) is 4.83. The fourth-order valence-corrected chi connectivity index (χ4v) is 3.05. The Bertz CT molecular complexity index is 791. The summed E-state index contributed by atoms with van der Waals surface area (Å²) in [4.78, 5) is 36.6. The van der Waals surface area contributed by atoms with E-state index in [-0.39, 0.29) is 18.4 Å². The predicted molar refractivity (Wildman–Crippen MR) is 93.8 cm³/mol. The van der Waals surface area contributed by atoms with Gasteiger partial charge in [-0.1, -0.05) is 0 Å². The van der Waals surface area contributed by atoms with Crippen molar-refractivity contribution < 1.29 is 9.59 Å². The molecule has 7 nitrogen and oxygen atoms in total. The van der Waals surface area contributed by atoms with Gasteiger partial charge in [0.05, 0.1) is 5.69 Å². The Morgan fingerprint density at radius 2 is 1.80 bits per heavy atom. The van der Waals surface area contributed by atoms with Gasteiger partial charge in [-0.3, -0.25) is 14.6 Å². The maximum absolute atomic E-state index is 12.7. The number of carbonyl (C=O) groups excluding carboxylic acids is 2. The number of amides is 2. The summed E-state index contributed by atoms with van der Waals surface area (Å²) >= 11 is 0. The van der Waals surface area contributed by atoms with Crippen LogP contribution in [0.15, 0.2) is 24.5 Å². The van der Waals surface area contributed by atoms with Crippen LogP contribution in [0.4, 0.5) is 0 Å². The molecule has 0 saturated carbocycles. The lowest BCUT2D eigenvalue weighted by atomic mass is 10.2. The lowest BCUT2D eigenvalue weighted by molar-refractivity contribution is -0.138. The van der Waals surface area contributed by atoms with Crippen molar-refractivity contribution in [3.63, 3.8) is 0 Å². The number of hydrogen-bond acceptors (Lipinski definition) is 4. The van der Waals surface area contributed by atoms with Crippen molar-refractivity contribution in [2.45, 2.75) is 27.3 Å². The first-order valence-corrected chi connectivity index (χ1v) is 8.44. The highest BCUT2D eigenvalue weighted by Gasteiger charge is 2.23. The van der Waals surface area contributed by atoms with Crippen LogP contribution in [0, 0.1) is 13.8 Å². The van der Waals surface area contributed by atoms with E-state index in [2.05, 4.69) is 9.97 Å². The molecule has 132 valence electrons. The molecule has 0 N–H and O–H groups in total. The largest absolute Gasteiger partial charge is 0.339 e. The molecule has 0 aromatic carbocycles. The SMILES string of the molecule is CC(=O)N1CCN(C(=O)Cn2cc(C)nc2-c2cc(C)ccn2)CC1. The van der Waals surface area contributed by atoms with Gasteiger partial charge >= 0.3 is 0 Å². The monoisotopic (exact) mass is 341 g/mol. The van der Waals surface area contributed by atoms with Crippen molar-refractivity contribution in [1.29, 1.82) is 0 Å². The highest BCUT2D eigenvalue weighted by Crippen LogP contribution is 2.18. The standard InChI is InChI=1S/C18H23N5O2/c1-13-4-5-19-16(10-13)18-20-14(2)11-23(18)12-17(25)22-8-6-21(7-9-22)15(3)24/h4-5,10-11H,6-9,12H2,1-3H3. The highest BCUT2D eigenvalue weighted by molar-refractivity contribution is 5.78. The third-order valence-electron chi connectivity index (χ3n) is 4.42. The van der Waals surface area contributed by atoms with E-state index in [9.17, 15) is 9.59 Å². The second-order valence-corrected chi connectivity index (χ2v) is 6.44. The van der Waals surface area contributed by atoms with Crippen LogP contribution in [0.5, 0.6) is 0 Å². The summed E-state index contributed by atoms with van der Waals surface area (Å²) < 4.78 is 1.86. The van der Waals surface area contributed by atoms with E-state index in [1.54, 1.807) is 18.0 Å². The minimum Gasteiger partial charge on any atom is -0.339 e. The molecule has 1 fully saturated rings. The lowest BCUT2D eigenvalue weighted by Crippen LogP contribution is -2.50. The number of piperazine rings is 1. The average Bonchev–Trinajstić information content (AvgIpc) is 2.95. The van der Waals surface area contributed by atoms with Crippen LogP contribution in [0.3, 0.4) is 0 Å². The third-order valence-corrected chi connectivity index (χ3v) is 4.42. The van der Waals surface area contributed by atoms with E-state index >= 15 is 0 Å². The van der Waals surface area contributed by atoms with Gasteiger partial charge in [0, 0.05) is 45.5 Å². The molecular formula is C18H23N5O2. The minimum absolute atomic E-state index is 0.0366. The zero-order valence-corrected chi connectivity index (χ0v) is 14.9. The molecule has 2 aromatic heterocycles. The molecule has 0 bridgehead atoms. The van der Waals surface area contributed by atoms with Gasteiger partial charge in [-0.05, 0) is 31.5 Å². The maximum atomic E-state index is 12.7. The Labute approximate surface area is 147 Å². The summed E-state index contributed by atoms with van der Waals surface area (Å²) in [5, 5.41) is 0. The quantitative estimate of drug-likeness (QED) is 0.842. The van der Waals surface area contributed by atoms with Crippen molar-refractivity contribution in [3.8, 4) is 11.5 Å². The highest BCUT2D eigenvalue weighted by atomic mass is 16.2. The number of imidazole rings is 1. The fourth-order valence-electron chi connectivity index (χ4n) is 3.05. The van der Waals surface area contributed by atoms with Crippen molar-refractivity contribution >= 4 is 11.8 Å². The van der Waals surface area contributed by atoms with Crippen LogP contribution in [0.1, 0.15) is 18.2 Å². The Balaban J connectivity index is 1.73. The Hall–Kier alpha value is -2.70. The van der Waals surface area contributed by atoms with Crippen LogP contribution in [-0.2, 0) is 16.1 Å². The van der Waals surface area contributed by atoms with Crippen LogP contribution >= 0.6 is 0 Å². The summed E-state index contributed by atoms with van der Waals surface area (Å²) in [6.45, 7) is 8.04. The molecule has 3 heterocycles. The van der Waals surface area contributed by atoms with Gasteiger partial charge in [0.1, 0.15) is 12.2 Å². The molecule has 2 amide bonds. The summed E-state index contributed by atoms with van der Waals surface area (Å²) in [5.41, 5.74) is 2.72. The molecule has 0 spiro atoms. The molecule has 1 aliphatic heterocycles. The van der Waals surface area contributed by atoms with E-state index in [0.717, 1.165) is 17.0 Å². The molecule has 2 aromatic rings. The third kappa shape index (κ3) is 3.87. The Morgan fingerprint density at radius 3 is 2.44 bits per heavy atom. The molecule has 1 saturated heterocycles. The summed E-state index contributed by atoms with van der Waals surface area (Å²) in [5.74, 6) is 0.802. The fraction of sp³-hybridized carbons (Fsp3) is 0.444. The first kappa shape index (κ1) is 17.1. The molecule has 3 rings (SSSR count). The number of nitrogens with zero attached hydrogens (tertiary/aromatic N) is 5. The first-order chi connectivity index (χ1) is 11.9. The van der Waals surface area contributed by atoms with Crippen LogP contribution in [0.25, 0.3) is 11.5 Å². The zero-order valence-electron chi connectivity index (χ0n) is 14.9. The Morgan fingerprint density at radius 1 is 1.12 bits per heavy atom. The van der Waals surface area contributed by atoms with Crippen LogP contribution < -0.4 is 0 Å². The van der Waals surface area contributed by atoms with E-state index in [0.29, 0.717) is 32.0 Å². The average molecular weight is 341 g/mol. The molecule has 0 radical (unpaired) electrons. The summed E-state index contributed by atoms with van der Waals surface area (Å²) in [6.07, 6.45) is 3.63. The van der Waals surface area contributed by atoms with Gasteiger partial charge in [-0.15, -0.1) is 0 Å². The maximum Gasteiger partial charge on any atom is 0.242 e. The van der Waals surface area contributed by atoms with Crippen molar-refractivity contribution in [1.82, 2.24) is 24.3 Å². The second-order valence-electron chi connectivity index (χ2n) is 6.44. The number of pyridine rings is 1. The molecular weight excluding hydrogens is 318 g/mol. The van der Waals surface area contributed by atoms with Gasteiger partial charge in [-0.25, -0.2) is 4.98 Å². The summed E-state index contributed by atoms with van der Waals surface area (Å²) in [7, 11) is 0. The first-order valence-electron chi connectivity index (χ1n) is 8.44. The van der Waals surface area contributed by atoms with E-state index < -0.39 is 0 Å². The van der Waals surface area contributed by atoms with Gasteiger partial charge in [-0.2, -0.15) is 0 Å². The van der Waals surface area contributed by atoms with Crippen molar-refractivity contribution in [2.75, 3.05) is 26.2 Å². The molecule has 25 heavy (non-hydrogen) atoms. The van der Waals surface area contributed by atoms with E-state index in [1.807, 2.05) is 41.6 Å². The van der Waals surface area contributed by atoms with Crippen molar-refractivity contribution in [3.05, 3.63) is 35.8 Å². The van der Waals surface area contributed by atoms with Crippen molar-refractivity contribution in [2.24, 2.45) is 0 Å². The van der Waals surface area contributed by atoms with Gasteiger partial charge in [0.25, 0.3) is 0 Å². The predicted octanol–water partition coefficient (Wildman–Crippen LogP) is 1.25. The topological polar surface area (TPSA) is 71.3 Å². The van der Waals surface area contributed by atoms with Gasteiger partial charge in [0.15, 0.2) is 5.82 Å². The van der Waals surface area contributed by atoms with E-state index in [1.165, 1.54) is 0 Å². The second kappa shape index (κ2) is 7.04. The van der Waals surface area contributed by atoms with Crippen LogP contribution in [-0.4, -0.2) is 62.3 Å². The number of rotatable bonds is 3. The molecule has 1 aliphatic rings. The lowest BCUT2D eigenvalue weighted by Gasteiger charge is -2.34. The number of hydrogen-bond donors (Lipinski definition) is 0. The molecule has 0 aliphatic carbocycles. The van der Waals surface area contributed by atoms with Crippen LogP contribution in [0.2, 0.25) is 0 Å². The smallest absolute Gasteiger partial charge is 0.242 e. The summed E-state index contributed by atoms with van der Waals surface area (Å²) in [6, 6.07) is 3.90. The minimum atomic E-state index is 0.0366. The zero-order chi connectivity index (χ0) is 18.0. The van der Waals surface area contributed by atoms with Gasteiger partial charge < -0.3 is 14.4 Å². The molecule has 0 atom stereocenters. The molecule has 0 unspecified atom stereocenters. The molecule has 7 heteroatoms. The number of carbonyl (C=O) groups is 2. The number of aryl methyl sites for hydroxylation is 2. The number of aromatic nitrogens is 3. The van der Waals surface area contributed by atoms with E-state index in [4.69, 9.17) is 0 Å².